The molecule has 2 amide bonds. The van der Waals surface area contributed by atoms with E-state index >= 15 is 0 Å². The largest absolute Gasteiger partial charge is 0.354 e. The summed E-state index contributed by atoms with van der Waals surface area (Å²) in [5.74, 6) is -0.383. The van der Waals surface area contributed by atoms with E-state index in [-0.39, 0.29) is 24.8 Å². The van der Waals surface area contributed by atoms with Crippen LogP contribution in [0.3, 0.4) is 0 Å². The molecule has 0 aliphatic carbocycles. The third-order valence-electron chi connectivity index (χ3n) is 6.19. The molecule has 0 aromatic heterocycles. The van der Waals surface area contributed by atoms with E-state index in [0.717, 1.165) is 34.0 Å². The van der Waals surface area contributed by atoms with Crippen molar-refractivity contribution in [3.63, 3.8) is 0 Å². The summed E-state index contributed by atoms with van der Waals surface area (Å²) in [6, 6.07) is 12.5. The van der Waals surface area contributed by atoms with Gasteiger partial charge in [0.2, 0.25) is 21.8 Å². The van der Waals surface area contributed by atoms with Gasteiger partial charge in [-0.25, -0.2) is 8.42 Å². The lowest BCUT2D eigenvalue weighted by Crippen LogP contribution is -2.47. The molecule has 1 atom stereocenters. The molecule has 9 heteroatoms. The van der Waals surface area contributed by atoms with Gasteiger partial charge >= 0.3 is 0 Å². The summed E-state index contributed by atoms with van der Waals surface area (Å²) in [7, 11) is -3.52. The number of carbonyl (C=O) groups excluding carboxylic acids is 2. The molecule has 2 aromatic carbocycles. The average molecular weight is 581 g/mol. The van der Waals surface area contributed by atoms with Crippen LogP contribution in [0.5, 0.6) is 0 Å². The van der Waals surface area contributed by atoms with E-state index in [2.05, 4.69) is 28.2 Å². The van der Waals surface area contributed by atoms with E-state index in [0.29, 0.717) is 25.2 Å². The molecule has 0 fully saturated rings. The van der Waals surface area contributed by atoms with Crippen LogP contribution in [0.4, 0.5) is 5.69 Å². The highest BCUT2D eigenvalue weighted by molar-refractivity contribution is 9.10. The monoisotopic (exact) mass is 579 g/mol. The number of nitrogens with zero attached hydrogens (tertiary/aromatic N) is 2. The lowest BCUT2D eigenvalue weighted by Gasteiger charge is -2.29. The van der Waals surface area contributed by atoms with Crippen molar-refractivity contribution in [3.05, 3.63) is 63.6 Å². The molecule has 0 aliphatic heterocycles. The summed E-state index contributed by atoms with van der Waals surface area (Å²) in [6.07, 6.45) is 3.47. The maximum Gasteiger partial charge on any atom is 0.242 e. The molecule has 0 radical (unpaired) electrons. The van der Waals surface area contributed by atoms with Crippen molar-refractivity contribution < 1.29 is 18.0 Å². The molecule has 198 valence electrons. The number of aryl methyl sites for hydroxylation is 2. The summed E-state index contributed by atoms with van der Waals surface area (Å²) < 4.78 is 27.3. The first kappa shape index (κ1) is 29.8. The first-order chi connectivity index (χ1) is 16.9. The molecule has 36 heavy (non-hydrogen) atoms. The summed E-state index contributed by atoms with van der Waals surface area (Å²) >= 11 is 3.42. The highest BCUT2D eigenvalue weighted by atomic mass is 79.9. The van der Waals surface area contributed by atoms with Crippen LogP contribution in [0.25, 0.3) is 0 Å². The fourth-order valence-corrected chi connectivity index (χ4v) is 5.01. The Hall–Kier alpha value is -2.39. The SMILES string of the molecule is CCCCNC(=O)C(C)N(Cc1ccc(Br)cc1)C(=O)CCCN(c1ccc(C)c(C)c1)S(C)(=O)=O. The van der Waals surface area contributed by atoms with Gasteiger partial charge in [0, 0.05) is 30.5 Å². The first-order valence-electron chi connectivity index (χ1n) is 12.3. The topological polar surface area (TPSA) is 86.8 Å². The number of hydrogen-bond acceptors (Lipinski definition) is 4. The summed E-state index contributed by atoms with van der Waals surface area (Å²) in [6.45, 7) is 8.74. The Labute approximate surface area is 224 Å². The molecule has 0 spiro atoms. The molecule has 0 saturated carbocycles. The van der Waals surface area contributed by atoms with Gasteiger partial charge in [-0.15, -0.1) is 0 Å². The number of nitrogens with one attached hydrogen (secondary N) is 1. The van der Waals surface area contributed by atoms with Crippen LogP contribution in [0.1, 0.15) is 56.2 Å². The van der Waals surface area contributed by atoms with Crippen LogP contribution in [0.2, 0.25) is 0 Å². The molecular weight excluding hydrogens is 542 g/mol. The summed E-state index contributed by atoms with van der Waals surface area (Å²) in [5, 5.41) is 2.91. The Morgan fingerprint density at radius 3 is 2.28 bits per heavy atom. The van der Waals surface area contributed by atoms with Crippen LogP contribution >= 0.6 is 15.9 Å². The van der Waals surface area contributed by atoms with Crippen molar-refractivity contribution in [1.82, 2.24) is 10.2 Å². The Balaban J connectivity index is 2.15. The number of halogens is 1. The molecule has 7 nitrogen and oxygen atoms in total. The predicted octanol–water partition coefficient (Wildman–Crippen LogP) is 4.95. The second-order valence-electron chi connectivity index (χ2n) is 9.18. The van der Waals surface area contributed by atoms with E-state index in [1.54, 1.807) is 17.9 Å². The van der Waals surface area contributed by atoms with Crippen molar-refractivity contribution in [3.8, 4) is 0 Å². The second-order valence-corrected chi connectivity index (χ2v) is 12.0. The van der Waals surface area contributed by atoms with Crippen LogP contribution in [0, 0.1) is 13.8 Å². The van der Waals surface area contributed by atoms with Crippen molar-refractivity contribution in [1.29, 1.82) is 0 Å². The lowest BCUT2D eigenvalue weighted by molar-refractivity contribution is -0.140. The van der Waals surface area contributed by atoms with Gasteiger partial charge in [-0.2, -0.15) is 0 Å². The molecule has 2 aromatic rings. The molecule has 0 aliphatic rings. The molecule has 0 heterocycles. The molecule has 0 saturated heterocycles. The Morgan fingerprint density at radius 2 is 1.69 bits per heavy atom. The molecule has 0 bridgehead atoms. The highest BCUT2D eigenvalue weighted by Crippen LogP contribution is 2.22. The third kappa shape index (κ3) is 8.92. The fourth-order valence-electron chi connectivity index (χ4n) is 3.79. The van der Waals surface area contributed by atoms with Gasteiger partial charge in [-0.05, 0) is 74.6 Å². The smallest absolute Gasteiger partial charge is 0.242 e. The molecule has 1 N–H and O–H groups in total. The third-order valence-corrected chi connectivity index (χ3v) is 7.92. The second kappa shape index (κ2) is 13.8. The van der Waals surface area contributed by atoms with E-state index in [9.17, 15) is 18.0 Å². The Kier molecular flexibility index (Phi) is 11.4. The molecule has 2 rings (SSSR count). The number of rotatable bonds is 13. The minimum absolute atomic E-state index is 0.125. The van der Waals surface area contributed by atoms with Gasteiger partial charge in [-0.1, -0.05) is 47.5 Å². The quantitative estimate of drug-likeness (QED) is 0.340. The van der Waals surface area contributed by atoms with Crippen molar-refractivity contribution in [2.45, 2.75) is 66.0 Å². The van der Waals surface area contributed by atoms with E-state index in [4.69, 9.17) is 0 Å². The average Bonchev–Trinajstić information content (AvgIpc) is 2.82. The maximum absolute atomic E-state index is 13.3. The number of carbonyl (C=O) groups is 2. The zero-order valence-corrected chi connectivity index (χ0v) is 24.3. The van der Waals surface area contributed by atoms with Crippen molar-refractivity contribution in [2.75, 3.05) is 23.7 Å². The minimum atomic E-state index is -3.52. The number of amides is 2. The number of hydrogen-bond donors (Lipinski definition) is 1. The highest BCUT2D eigenvalue weighted by Gasteiger charge is 2.26. The number of unbranched alkanes of at least 4 members (excludes halogenated alkanes) is 1. The number of anilines is 1. The molecule has 1 unspecified atom stereocenters. The van der Waals surface area contributed by atoms with Gasteiger partial charge in [0.25, 0.3) is 0 Å². The fraction of sp³-hybridized carbons (Fsp3) is 0.481. The lowest BCUT2D eigenvalue weighted by atomic mass is 10.1. The van der Waals surface area contributed by atoms with Gasteiger partial charge in [0.1, 0.15) is 6.04 Å². The van der Waals surface area contributed by atoms with Gasteiger partial charge in [0.15, 0.2) is 0 Å². The zero-order chi connectivity index (χ0) is 26.9. The summed E-state index contributed by atoms with van der Waals surface area (Å²) in [4.78, 5) is 27.7. The Morgan fingerprint density at radius 1 is 1.03 bits per heavy atom. The predicted molar refractivity (Wildman–Crippen MR) is 149 cm³/mol. The number of sulfonamides is 1. The van der Waals surface area contributed by atoms with E-state index in [1.165, 1.54) is 10.6 Å². The van der Waals surface area contributed by atoms with Crippen LogP contribution in [-0.2, 0) is 26.2 Å². The first-order valence-corrected chi connectivity index (χ1v) is 14.9. The van der Waals surface area contributed by atoms with Gasteiger partial charge in [0.05, 0.1) is 11.9 Å². The van der Waals surface area contributed by atoms with Gasteiger partial charge in [-0.3, -0.25) is 13.9 Å². The summed E-state index contributed by atoms with van der Waals surface area (Å²) in [5.41, 5.74) is 3.58. The zero-order valence-electron chi connectivity index (χ0n) is 21.9. The maximum atomic E-state index is 13.3. The van der Waals surface area contributed by atoms with Crippen LogP contribution < -0.4 is 9.62 Å². The van der Waals surface area contributed by atoms with Crippen molar-refractivity contribution in [2.24, 2.45) is 0 Å². The van der Waals surface area contributed by atoms with Crippen molar-refractivity contribution >= 4 is 43.5 Å². The van der Waals surface area contributed by atoms with Crippen LogP contribution in [-0.4, -0.2) is 50.5 Å². The molecular formula is C27H38BrN3O4S. The van der Waals surface area contributed by atoms with E-state index in [1.807, 2.05) is 50.2 Å². The minimum Gasteiger partial charge on any atom is -0.354 e. The normalized spacial score (nSPS) is 12.2. The Bertz CT molecular complexity index is 1140. The van der Waals surface area contributed by atoms with E-state index < -0.39 is 16.1 Å². The van der Waals surface area contributed by atoms with Gasteiger partial charge < -0.3 is 10.2 Å². The van der Waals surface area contributed by atoms with Crippen LogP contribution in [0.15, 0.2) is 46.9 Å². The standard InChI is InChI=1S/C27H38BrN3O4S/c1-6-7-16-29-27(33)22(4)30(19-23-11-13-24(28)14-12-23)26(32)9-8-17-31(36(5,34)35)25-15-10-20(2)21(3)18-25/h10-15,18,22H,6-9,16-17,19H2,1-5H3,(H,29,33). The number of benzene rings is 2.